The molecule has 8 nitrogen and oxygen atoms in total. The van der Waals surface area contributed by atoms with Gasteiger partial charge in [0.1, 0.15) is 29.9 Å². The van der Waals surface area contributed by atoms with E-state index in [9.17, 15) is 18.0 Å². The zero-order valence-corrected chi connectivity index (χ0v) is 22.4. The van der Waals surface area contributed by atoms with Gasteiger partial charge in [-0.1, -0.05) is 91.0 Å². The van der Waals surface area contributed by atoms with Gasteiger partial charge in [0.05, 0.1) is 6.42 Å². The van der Waals surface area contributed by atoms with E-state index in [0.29, 0.717) is 5.56 Å². The summed E-state index contributed by atoms with van der Waals surface area (Å²) in [5, 5.41) is 0. The van der Waals surface area contributed by atoms with Crippen molar-refractivity contribution < 1.29 is 31.7 Å². The van der Waals surface area contributed by atoms with Gasteiger partial charge in [0.15, 0.2) is 0 Å². The molecule has 0 bridgehead atoms. The Morgan fingerprint density at radius 2 is 1.18 bits per heavy atom. The van der Waals surface area contributed by atoms with Gasteiger partial charge in [-0.2, -0.15) is 8.42 Å². The monoisotopic (exact) mass is 559 g/mol. The van der Waals surface area contributed by atoms with Crippen molar-refractivity contribution in [3.8, 4) is 5.75 Å². The predicted molar refractivity (Wildman–Crippen MR) is 149 cm³/mol. The third kappa shape index (κ3) is 8.02. The number of esters is 2. The largest absolute Gasteiger partial charge is 0.461 e. The fourth-order valence-electron chi connectivity index (χ4n) is 3.95. The Kier molecular flexibility index (Phi) is 9.66. The molecule has 0 spiro atoms. The highest BCUT2D eigenvalue weighted by molar-refractivity contribution is 7.87. The summed E-state index contributed by atoms with van der Waals surface area (Å²) in [6.45, 7) is 0.104. The number of ether oxygens (including phenoxy) is 2. The summed E-state index contributed by atoms with van der Waals surface area (Å²) >= 11 is 0. The lowest BCUT2D eigenvalue weighted by atomic mass is 9.89. The first-order valence-electron chi connectivity index (χ1n) is 12.6. The van der Waals surface area contributed by atoms with Crippen LogP contribution in [0.15, 0.2) is 120 Å². The average Bonchev–Trinajstić information content (AvgIpc) is 2.99. The van der Waals surface area contributed by atoms with Crippen molar-refractivity contribution in [1.82, 2.24) is 0 Å². The Hall–Kier alpha value is -4.47. The molecule has 4 aromatic carbocycles. The summed E-state index contributed by atoms with van der Waals surface area (Å²) in [4.78, 5) is 25.7. The second-order valence-electron chi connectivity index (χ2n) is 9.00. The van der Waals surface area contributed by atoms with Crippen molar-refractivity contribution in [2.24, 2.45) is 5.73 Å². The molecule has 0 saturated carbocycles. The number of carbonyl (C=O) groups excluding carboxylic acids is 2. The van der Waals surface area contributed by atoms with Crippen molar-refractivity contribution in [2.45, 2.75) is 36.5 Å². The first-order chi connectivity index (χ1) is 19.3. The standard InChI is InChI=1S/C31H29NO7S/c32-30(31(34)38-22-24-12-6-2-7-13-24)28(20-29(33)37-21-23-10-4-1-5-11-23)25-16-18-26(19-17-25)39-40(35,36)27-14-8-3-9-15-27/h1-19,28,30H,20-22,32H2. The van der Waals surface area contributed by atoms with Gasteiger partial charge in [0.2, 0.25) is 0 Å². The average molecular weight is 560 g/mol. The molecule has 0 aromatic heterocycles. The van der Waals surface area contributed by atoms with E-state index in [0.717, 1.165) is 11.1 Å². The maximum Gasteiger partial charge on any atom is 0.339 e. The van der Waals surface area contributed by atoms with Crippen LogP contribution in [-0.2, 0) is 42.4 Å². The molecule has 4 aromatic rings. The fraction of sp³-hybridized carbons (Fsp3) is 0.161. The molecular weight excluding hydrogens is 530 g/mol. The van der Waals surface area contributed by atoms with E-state index in [-0.39, 0.29) is 30.3 Å². The SMILES string of the molecule is NC(C(=O)OCc1ccccc1)C(CC(=O)OCc1ccccc1)c1ccc(OS(=O)(=O)c2ccccc2)cc1. The third-order valence-electron chi connectivity index (χ3n) is 6.10. The van der Waals surface area contributed by atoms with Crippen LogP contribution in [0.2, 0.25) is 0 Å². The van der Waals surface area contributed by atoms with E-state index in [1.807, 2.05) is 60.7 Å². The molecule has 9 heteroatoms. The fourth-order valence-corrected chi connectivity index (χ4v) is 4.90. The third-order valence-corrected chi connectivity index (χ3v) is 7.37. The van der Waals surface area contributed by atoms with Crippen molar-refractivity contribution in [2.75, 3.05) is 0 Å². The van der Waals surface area contributed by atoms with Crippen LogP contribution in [0, 0.1) is 0 Å². The second kappa shape index (κ2) is 13.5. The lowest BCUT2D eigenvalue weighted by Crippen LogP contribution is -2.39. The number of hydrogen-bond donors (Lipinski definition) is 1. The van der Waals surface area contributed by atoms with Crippen LogP contribution in [0.3, 0.4) is 0 Å². The molecular formula is C31H29NO7S. The minimum Gasteiger partial charge on any atom is -0.461 e. The molecule has 206 valence electrons. The van der Waals surface area contributed by atoms with E-state index in [4.69, 9.17) is 19.4 Å². The molecule has 2 unspecified atom stereocenters. The zero-order chi connectivity index (χ0) is 28.4. The van der Waals surface area contributed by atoms with Crippen LogP contribution >= 0.6 is 0 Å². The number of hydrogen-bond acceptors (Lipinski definition) is 8. The molecule has 2 N–H and O–H groups in total. The molecule has 0 heterocycles. The van der Waals surface area contributed by atoms with Crippen LogP contribution in [0.5, 0.6) is 5.75 Å². The van der Waals surface area contributed by atoms with E-state index in [2.05, 4.69) is 0 Å². The second-order valence-corrected chi connectivity index (χ2v) is 10.5. The maximum atomic E-state index is 12.9. The molecule has 0 radical (unpaired) electrons. The van der Waals surface area contributed by atoms with Gasteiger partial charge < -0.3 is 19.4 Å². The summed E-state index contributed by atoms with van der Waals surface area (Å²) in [6, 6.07) is 30.9. The maximum absolute atomic E-state index is 12.9. The lowest BCUT2D eigenvalue weighted by Gasteiger charge is -2.23. The number of carbonyl (C=O) groups is 2. The predicted octanol–water partition coefficient (Wildman–Crippen LogP) is 4.74. The van der Waals surface area contributed by atoms with Crippen molar-refractivity contribution in [1.29, 1.82) is 0 Å². The van der Waals surface area contributed by atoms with Gasteiger partial charge in [0.25, 0.3) is 0 Å². The molecule has 0 aliphatic rings. The molecule has 4 rings (SSSR count). The Morgan fingerprint density at radius 1 is 0.675 bits per heavy atom. The molecule has 0 fully saturated rings. The highest BCUT2D eigenvalue weighted by atomic mass is 32.2. The number of rotatable bonds is 12. The summed E-state index contributed by atoms with van der Waals surface area (Å²) in [7, 11) is -4.04. The molecule has 40 heavy (non-hydrogen) atoms. The van der Waals surface area contributed by atoms with E-state index < -0.39 is 34.0 Å². The Labute approximate surface area is 233 Å². The van der Waals surface area contributed by atoms with E-state index in [1.165, 1.54) is 24.3 Å². The first-order valence-corrected chi connectivity index (χ1v) is 14.0. The Balaban J connectivity index is 1.49. The summed E-state index contributed by atoms with van der Waals surface area (Å²) in [6.07, 6.45) is -0.197. The van der Waals surface area contributed by atoms with E-state index >= 15 is 0 Å². The molecule has 0 amide bonds. The van der Waals surface area contributed by atoms with Crippen LogP contribution in [0.1, 0.15) is 29.0 Å². The molecule has 0 saturated heterocycles. The first kappa shape index (κ1) is 28.5. The molecule has 2 atom stereocenters. The molecule has 0 aliphatic heterocycles. The molecule has 0 aliphatic carbocycles. The van der Waals surface area contributed by atoms with Gasteiger partial charge in [-0.3, -0.25) is 9.59 Å². The van der Waals surface area contributed by atoms with Gasteiger partial charge >= 0.3 is 22.1 Å². The normalized spacial score (nSPS) is 12.6. The van der Waals surface area contributed by atoms with Crippen molar-refractivity contribution >= 4 is 22.1 Å². The highest BCUT2D eigenvalue weighted by Gasteiger charge is 2.30. The summed E-state index contributed by atoms with van der Waals surface area (Å²) in [5.41, 5.74) is 8.45. The number of nitrogens with two attached hydrogens (primary N) is 1. The van der Waals surface area contributed by atoms with E-state index in [1.54, 1.807) is 30.3 Å². The smallest absolute Gasteiger partial charge is 0.339 e. The van der Waals surface area contributed by atoms with Crippen LogP contribution in [0.25, 0.3) is 0 Å². The minimum atomic E-state index is -4.04. The Bertz CT molecular complexity index is 1490. The van der Waals surface area contributed by atoms with Gasteiger partial charge in [-0.25, -0.2) is 0 Å². The summed E-state index contributed by atoms with van der Waals surface area (Å²) < 4.78 is 41.2. The summed E-state index contributed by atoms with van der Waals surface area (Å²) in [5.74, 6) is -1.96. The van der Waals surface area contributed by atoms with Gasteiger partial charge in [0, 0.05) is 5.92 Å². The van der Waals surface area contributed by atoms with Crippen molar-refractivity contribution in [3.05, 3.63) is 132 Å². The van der Waals surface area contributed by atoms with Gasteiger partial charge in [-0.15, -0.1) is 0 Å². The zero-order valence-electron chi connectivity index (χ0n) is 21.6. The van der Waals surface area contributed by atoms with Crippen LogP contribution in [0.4, 0.5) is 0 Å². The number of benzene rings is 4. The quantitative estimate of drug-likeness (QED) is 0.195. The van der Waals surface area contributed by atoms with Crippen LogP contribution in [-0.4, -0.2) is 26.4 Å². The minimum absolute atomic E-state index is 0.0151. The van der Waals surface area contributed by atoms with Gasteiger partial charge in [-0.05, 0) is 41.0 Å². The van der Waals surface area contributed by atoms with Crippen molar-refractivity contribution in [3.63, 3.8) is 0 Å². The Morgan fingerprint density at radius 3 is 1.73 bits per heavy atom. The van der Waals surface area contributed by atoms with Crippen LogP contribution < -0.4 is 9.92 Å². The topological polar surface area (TPSA) is 122 Å². The lowest BCUT2D eigenvalue weighted by molar-refractivity contribution is -0.149. The highest BCUT2D eigenvalue weighted by Crippen LogP contribution is 2.28.